The third kappa shape index (κ3) is 3.81. The van der Waals surface area contributed by atoms with E-state index in [-0.39, 0.29) is 30.1 Å². The zero-order valence-corrected chi connectivity index (χ0v) is 13.5. The van der Waals surface area contributed by atoms with Crippen LogP contribution in [0.25, 0.3) is 0 Å². The molecule has 1 aliphatic heterocycles. The highest BCUT2D eigenvalue weighted by atomic mass is 35.5. The number of carbonyl (C=O) groups is 2. The molecule has 2 aromatic rings. The van der Waals surface area contributed by atoms with Gasteiger partial charge in [-0.25, -0.2) is 0 Å². The summed E-state index contributed by atoms with van der Waals surface area (Å²) < 4.78 is 0. The van der Waals surface area contributed by atoms with Crippen LogP contribution in [0.1, 0.15) is 39.1 Å². The second kappa shape index (κ2) is 7.44. The van der Waals surface area contributed by atoms with Crippen LogP contribution in [-0.2, 0) is 0 Å². The number of benzene rings is 1. The average molecular weight is 334 g/mol. The Morgan fingerprint density at radius 2 is 1.61 bits per heavy atom. The maximum absolute atomic E-state index is 12.4. The topological polar surface area (TPSA) is 79.2 Å². The molecule has 0 atom stereocenters. The van der Waals surface area contributed by atoms with Gasteiger partial charge in [-0.15, -0.1) is 12.4 Å². The summed E-state index contributed by atoms with van der Waals surface area (Å²) in [7, 11) is 0. The predicted octanol–water partition coefficient (Wildman–Crippen LogP) is 2.23. The second-order valence-electron chi connectivity index (χ2n) is 5.64. The van der Waals surface area contributed by atoms with Crippen LogP contribution in [0.3, 0.4) is 0 Å². The molecule has 0 aliphatic carbocycles. The third-order valence-corrected chi connectivity index (χ3v) is 4.08. The van der Waals surface area contributed by atoms with E-state index < -0.39 is 0 Å². The Morgan fingerprint density at radius 3 is 2.17 bits per heavy atom. The average Bonchev–Trinajstić information content (AvgIpc) is 3.09. The van der Waals surface area contributed by atoms with E-state index in [0.29, 0.717) is 29.8 Å². The first-order valence-corrected chi connectivity index (χ1v) is 7.47. The number of carbonyl (C=O) groups excluding carboxylic acids is 2. The van der Waals surface area contributed by atoms with Crippen molar-refractivity contribution in [1.29, 1.82) is 0 Å². The maximum Gasteiger partial charge on any atom is 0.253 e. The Morgan fingerprint density at radius 1 is 1.00 bits per heavy atom. The maximum atomic E-state index is 12.4. The number of hydrogen-bond acceptors (Lipinski definition) is 3. The molecule has 1 aromatic heterocycles. The number of piperidine rings is 1. The number of aromatic amines is 1. The van der Waals surface area contributed by atoms with Crippen molar-refractivity contribution in [2.45, 2.75) is 18.9 Å². The molecule has 0 saturated carbocycles. The number of nitrogens with zero attached hydrogens (tertiary/aromatic N) is 1. The first-order chi connectivity index (χ1) is 10.6. The summed E-state index contributed by atoms with van der Waals surface area (Å²) in [6.07, 6.45) is 5.07. The Bertz CT molecular complexity index is 660. The van der Waals surface area contributed by atoms with Gasteiger partial charge in [-0.1, -0.05) is 12.1 Å². The van der Waals surface area contributed by atoms with Crippen LogP contribution in [0.15, 0.2) is 42.7 Å². The molecule has 1 amide bonds. The van der Waals surface area contributed by atoms with E-state index in [9.17, 15) is 9.59 Å². The molecule has 1 fully saturated rings. The lowest BCUT2D eigenvalue weighted by molar-refractivity contribution is 0.0714. The lowest BCUT2D eigenvalue weighted by Gasteiger charge is -2.30. The van der Waals surface area contributed by atoms with Crippen molar-refractivity contribution < 1.29 is 9.59 Å². The van der Waals surface area contributed by atoms with E-state index in [0.717, 1.165) is 12.8 Å². The highest BCUT2D eigenvalue weighted by Gasteiger charge is 2.21. The Balaban J connectivity index is 0.00000192. The van der Waals surface area contributed by atoms with Crippen LogP contribution in [0, 0.1) is 0 Å². The molecule has 1 saturated heterocycles. The fourth-order valence-electron chi connectivity index (χ4n) is 2.68. The summed E-state index contributed by atoms with van der Waals surface area (Å²) in [6, 6.07) is 8.79. The van der Waals surface area contributed by atoms with Crippen molar-refractivity contribution in [3.8, 4) is 0 Å². The number of nitrogens with two attached hydrogens (primary N) is 1. The molecular formula is C17H20ClN3O2. The number of hydrogen-bond donors (Lipinski definition) is 2. The normalized spacial score (nSPS) is 15.1. The number of likely N-dealkylation sites (tertiary alicyclic amines) is 1. The first kappa shape index (κ1) is 17.2. The number of aromatic nitrogens is 1. The second-order valence-corrected chi connectivity index (χ2v) is 5.64. The summed E-state index contributed by atoms with van der Waals surface area (Å²) in [5, 5.41) is 0. The molecule has 122 valence electrons. The van der Waals surface area contributed by atoms with Crippen LogP contribution in [0.2, 0.25) is 0 Å². The van der Waals surface area contributed by atoms with Gasteiger partial charge >= 0.3 is 0 Å². The third-order valence-electron chi connectivity index (χ3n) is 4.08. The molecule has 3 rings (SSSR count). The van der Waals surface area contributed by atoms with Gasteiger partial charge in [0.2, 0.25) is 0 Å². The van der Waals surface area contributed by atoms with Crippen molar-refractivity contribution in [3.63, 3.8) is 0 Å². The number of rotatable bonds is 3. The quantitative estimate of drug-likeness (QED) is 0.845. The number of ketones is 1. The van der Waals surface area contributed by atoms with Crippen molar-refractivity contribution in [3.05, 3.63) is 59.4 Å². The largest absolute Gasteiger partial charge is 0.367 e. The Labute approximate surface area is 141 Å². The monoisotopic (exact) mass is 333 g/mol. The Hall–Kier alpha value is -2.11. The van der Waals surface area contributed by atoms with Crippen LogP contribution in [0.5, 0.6) is 0 Å². The molecule has 23 heavy (non-hydrogen) atoms. The van der Waals surface area contributed by atoms with Gasteiger partial charge in [0.1, 0.15) is 0 Å². The van der Waals surface area contributed by atoms with Crippen molar-refractivity contribution in [1.82, 2.24) is 9.88 Å². The van der Waals surface area contributed by atoms with E-state index in [1.165, 1.54) is 0 Å². The summed E-state index contributed by atoms with van der Waals surface area (Å²) in [4.78, 5) is 29.3. The standard InChI is InChI=1S/C17H19N3O2.ClH/c18-15-6-9-20(10-7-15)17(22)13-3-1-12(2-4-13)16(21)14-5-8-19-11-14;/h1-5,8,11,15,19H,6-7,9-10,18H2;1H. The fraction of sp³-hybridized carbons (Fsp3) is 0.294. The van der Waals surface area contributed by atoms with Crippen LogP contribution >= 0.6 is 12.4 Å². The summed E-state index contributed by atoms with van der Waals surface area (Å²) >= 11 is 0. The van der Waals surface area contributed by atoms with E-state index in [1.807, 2.05) is 4.90 Å². The lowest BCUT2D eigenvalue weighted by atomic mass is 10.0. The van der Waals surface area contributed by atoms with Gasteiger partial charge in [0.25, 0.3) is 5.91 Å². The zero-order valence-electron chi connectivity index (χ0n) is 12.7. The molecule has 0 unspecified atom stereocenters. The van der Waals surface area contributed by atoms with Crippen molar-refractivity contribution in [2.24, 2.45) is 5.73 Å². The van der Waals surface area contributed by atoms with Gasteiger partial charge in [0, 0.05) is 48.2 Å². The number of amides is 1. The van der Waals surface area contributed by atoms with E-state index in [1.54, 1.807) is 42.7 Å². The molecule has 5 nitrogen and oxygen atoms in total. The highest BCUT2D eigenvalue weighted by molar-refractivity contribution is 6.09. The van der Waals surface area contributed by atoms with Crippen LogP contribution in [-0.4, -0.2) is 40.7 Å². The number of halogens is 1. The minimum atomic E-state index is -0.0517. The zero-order chi connectivity index (χ0) is 15.5. The number of H-pyrrole nitrogens is 1. The number of nitrogens with one attached hydrogen (secondary N) is 1. The molecule has 1 aromatic carbocycles. The smallest absolute Gasteiger partial charge is 0.253 e. The Kier molecular flexibility index (Phi) is 5.58. The van der Waals surface area contributed by atoms with E-state index in [2.05, 4.69) is 4.98 Å². The molecule has 0 radical (unpaired) electrons. The fourth-order valence-corrected chi connectivity index (χ4v) is 2.68. The summed E-state index contributed by atoms with van der Waals surface area (Å²) in [5.41, 5.74) is 7.66. The van der Waals surface area contributed by atoms with Gasteiger partial charge < -0.3 is 15.6 Å². The van der Waals surface area contributed by atoms with E-state index in [4.69, 9.17) is 5.73 Å². The molecule has 1 aliphatic rings. The van der Waals surface area contributed by atoms with Gasteiger partial charge in [0.15, 0.2) is 5.78 Å². The molecule has 6 heteroatoms. The SMILES string of the molecule is Cl.NC1CCN(C(=O)c2ccc(C(=O)c3cc[nH]c3)cc2)CC1. The summed E-state index contributed by atoms with van der Waals surface area (Å²) in [5.74, 6) is -0.0447. The van der Waals surface area contributed by atoms with Crippen molar-refractivity contribution in [2.75, 3.05) is 13.1 Å². The predicted molar refractivity (Wildman–Crippen MR) is 91.0 cm³/mol. The first-order valence-electron chi connectivity index (χ1n) is 7.47. The van der Waals surface area contributed by atoms with Gasteiger partial charge in [0.05, 0.1) is 0 Å². The highest BCUT2D eigenvalue weighted by Crippen LogP contribution is 2.15. The van der Waals surface area contributed by atoms with Crippen LogP contribution < -0.4 is 5.73 Å². The minimum Gasteiger partial charge on any atom is -0.367 e. The van der Waals surface area contributed by atoms with Gasteiger partial charge in [-0.2, -0.15) is 0 Å². The minimum absolute atomic E-state index is 0. The molecule has 0 spiro atoms. The van der Waals surface area contributed by atoms with Gasteiger partial charge in [-0.3, -0.25) is 9.59 Å². The molecule has 3 N–H and O–H groups in total. The van der Waals surface area contributed by atoms with Gasteiger partial charge in [-0.05, 0) is 31.0 Å². The van der Waals surface area contributed by atoms with E-state index >= 15 is 0 Å². The molecular weight excluding hydrogens is 314 g/mol. The molecule has 2 heterocycles. The lowest BCUT2D eigenvalue weighted by Crippen LogP contribution is -2.42. The molecule has 0 bridgehead atoms. The van der Waals surface area contributed by atoms with Crippen LogP contribution in [0.4, 0.5) is 0 Å². The summed E-state index contributed by atoms with van der Waals surface area (Å²) in [6.45, 7) is 1.40. The van der Waals surface area contributed by atoms with Crippen molar-refractivity contribution >= 4 is 24.1 Å².